The van der Waals surface area contributed by atoms with Crippen molar-refractivity contribution in [3.8, 4) is 0 Å². The number of halogens is 1. The molecule has 1 aromatic rings. The zero-order chi connectivity index (χ0) is 14.4. The van der Waals surface area contributed by atoms with E-state index in [9.17, 15) is 4.39 Å². The number of anilines is 2. The predicted molar refractivity (Wildman–Crippen MR) is 80.5 cm³/mol. The molecule has 1 aliphatic carbocycles. The van der Waals surface area contributed by atoms with Crippen LogP contribution in [0.3, 0.4) is 0 Å². The van der Waals surface area contributed by atoms with Crippen LogP contribution in [0.4, 0.5) is 16.2 Å². The SMILES string of the molecule is CCCNc1ncc(F)c(NCC2(CC)CCCC2)n1. The first-order valence-electron chi connectivity index (χ1n) is 7.69. The number of rotatable bonds is 7. The molecule has 0 saturated heterocycles. The maximum Gasteiger partial charge on any atom is 0.224 e. The van der Waals surface area contributed by atoms with Crippen LogP contribution >= 0.6 is 0 Å². The molecule has 0 unspecified atom stereocenters. The van der Waals surface area contributed by atoms with Gasteiger partial charge in [0.15, 0.2) is 11.6 Å². The van der Waals surface area contributed by atoms with Gasteiger partial charge in [-0.1, -0.05) is 26.7 Å². The highest BCUT2D eigenvalue weighted by molar-refractivity contribution is 5.41. The molecule has 20 heavy (non-hydrogen) atoms. The molecule has 112 valence electrons. The second-order valence-corrected chi connectivity index (χ2v) is 5.73. The molecular weight excluding hydrogens is 255 g/mol. The fraction of sp³-hybridized carbons (Fsp3) is 0.733. The summed E-state index contributed by atoms with van der Waals surface area (Å²) in [5.74, 6) is 0.433. The van der Waals surface area contributed by atoms with Gasteiger partial charge in [-0.05, 0) is 31.1 Å². The summed E-state index contributed by atoms with van der Waals surface area (Å²) in [6, 6.07) is 0. The van der Waals surface area contributed by atoms with Crippen molar-refractivity contribution < 1.29 is 4.39 Å². The predicted octanol–water partition coefficient (Wildman–Crippen LogP) is 3.82. The summed E-state index contributed by atoms with van der Waals surface area (Å²) in [6.07, 6.45) is 8.38. The normalized spacial score (nSPS) is 17.1. The second kappa shape index (κ2) is 6.86. The zero-order valence-corrected chi connectivity index (χ0v) is 12.5. The molecule has 4 nitrogen and oxygen atoms in total. The molecule has 0 aliphatic heterocycles. The van der Waals surface area contributed by atoms with E-state index in [1.807, 2.05) is 0 Å². The Morgan fingerprint density at radius 1 is 1.25 bits per heavy atom. The lowest BCUT2D eigenvalue weighted by atomic mass is 9.83. The summed E-state index contributed by atoms with van der Waals surface area (Å²) < 4.78 is 13.8. The van der Waals surface area contributed by atoms with E-state index in [1.54, 1.807) is 0 Å². The smallest absolute Gasteiger partial charge is 0.224 e. The van der Waals surface area contributed by atoms with Crippen LogP contribution in [0.1, 0.15) is 52.4 Å². The largest absolute Gasteiger partial charge is 0.367 e. The number of aromatic nitrogens is 2. The molecule has 1 fully saturated rings. The van der Waals surface area contributed by atoms with E-state index in [0.29, 0.717) is 17.2 Å². The van der Waals surface area contributed by atoms with Gasteiger partial charge < -0.3 is 10.6 Å². The zero-order valence-electron chi connectivity index (χ0n) is 12.5. The average Bonchev–Trinajstić information content (AvgIpc) is 2.94. The quantitative estimate of drug-likeness (QED) is 0.797. The van der Waals surface area contributed by atoms with E-state index in [1.165, 1.54) is 31.9 Å². The van der Waals surface area contributed by atoms with Gasteiger partial charge in [0.05, 0.1) is 6.20 Å². The highest BCUT2D eigenvalue weighted by Crippen LogP contribution is 2.40. The van der Waals surface area contributed by atoms with Crippen LogP contribution in [0, 0.1) is 11.2 Å². The molecule has 1 aromatic heterocycles. The lowest BCUT2D eigenvalue weighted by molar-refractivity contribution is 0.306. The molecule has 0 aromatic carbocycles. The van der Waals surface area contributed by atoms with Crippen molar-refractivity contribution in [3.05, 3.63) is 12.0 Å². The Kier molecular flexibility index (Phi) is 5.15. The Morgan fingerprint density at radius 2 is 2.00 bits per heavy atom. The molecule has 0 bridgehead atoms. The van der Waals surface area contributed by atoms with Crippen molar-refractivity contribution in [1.82, 2.24) is 9.97 Å². The van der Waals surface area contributed by atoms with Gasteiger partial charge in [-0.15, -0.1) is 0 Å². The minimum Gasteiger partial charge on any atom is -0.367 e. The molecule has 0 radical (unpaired) electrons. The van der Waals surface area contributed by atoms with Crippen LogP contribution in [-0.4, -0.2) is 23.1 Å². The van der Waals surface area contributed by atoms with Gasteiger partial charge >= 0.3 is 0 Å². The lowest BCUT2D eigenvalue weighted by Crippen LogP contribution is -2.26. The molecule has 0 amide bonds. The summed E-state index contributed by atoms with van der Waals surface area (Å²) in [5, 5.41) is 6.28. The Morgan fingerprint density at radius 3 is 2.65 bits per heavy atom. The summed E-state index contributed by atoms with van der Waals surface area (Å²) in [5.41, 5.74) is 0.314. The van der Waals surface area contributed by atoms with Crippen LogP contribution in [0.2, 0.25) is 0 Å². The van der Waals surface area contributed by atoms with Crippen molar-refractivity contribution in [2.45, 2.75) is 52.4 Å². The van der Waals surface area contributed by atoms with Crippen LogP contribution in [0.15, 0.2) is 6.20 Å². The number of hydrogen-bond acceptors (Lipinski definition) is 4. The monoisotopic (exact) mass is 280 g/mol. The molecular formula is C15H25FN4. The second-order valence-electron chi connectivity index (χ2n) is 5.73. The van der Waals surface area contributed by atoms with Gasteiger partial charge in [0.2, 0.25) is 5.95 Å². The van der Waals surface area contributed by atoms with Gasteiger partial charge in [0.1, 0.15) is 0 Å². The topological polar surface area (TPSA) is 49.8 Å². The first kappa shape index (κ1) is 15.0. The van der Waals surface area contributed by atoms with Crippen molar-refractivity contribution >= 4 is 11.8 Å². The molecule has 0 spiro atoms. The standard InChI is InChI=1S/C15H25FN4/c1-3-9-17-14-18-10-12(16)13(20-14)19-11-15(4-2)7-5-6-8-15/h10H,3-9,11H2,1-2H3,(H2,17,18,19,20). The molecule has 1 saturated carbocycles. The first-order chi connectivity index (χ1) is 9.69. The summed E-state index contributed by atoms with van der Waals surface area (Å²) in [6.45, 7) is 5.88. The Balaban J connectivity index is 2.00. The van der Waals surface area contributed by atoms with Crippen molar-refractivity contribution in [1.29, 1.82) is 0 Å². The molecule has 1 heterocycles. The molecule has 5 heteroatoms. The van der Waals surface area contributed by atoms with Crippen molar-refractivity contribution in [2.24, 2.45) is 5.41 Å². The third kappa shape index (κ3) is 3.58. The molecule has 2 N–H and O–H groups in total. The van der Waals surface area contributed by atoms with Crippen LogP contribution in [0.5, 0.6) is 0 Å². The maximum absolute atomic E-state index is 13.8. The average molecular weight is 280 g/mol. The van der Waals surface area contributed by atoms with E-state index in [2.05, 4.69) is 34.4 Å². The third-order valence-corrected chi connectivity index (χ3v) is 4.32. The van der Waals surface area contributed by atoms with Gasteiger partial charge in [-0.2, -0.15) is 4.98 Å². The van der Waals surface area contributed by atoms with Crippen molar-refractivity contribution in [3.63, 3.8) is 0 Å². The van der Waals surface area contributed by atoms with Crippen LogP contribution < -0.4 is 10.6 Å². The van der Waals surface area contributed by atoms with Gasteiger partial charge in [0, 0.05) is 13.1 Å². The number of hydrogen-bond donors (Lipinski definition) is 2. The van der Waals surface area contributed by atoms with E-state index in [4.69, 9.17) is 0 Å². The maximum atomic E-state index is 13.8. The molecule has 1 aliphatic rings. The van der Waals surface area contributed by atoms with E-state index in [0.717, 1.165) is 25.9 Å². The summed E-state index contributed by atoms with van der Waals surface area (Å²) in [4.78, 5) is 8.18. The minimum atomic E-state index is -0.378. The van der Waals surface area contributed by atoms with Crippen molar-refractivity contribution in [2.75, 3.05) is 23.7 Å². The minimum absolute atomic E-state index is 0.314. The van der Waals surface area contributed by atoms with Crippen LogP contribution in [0.25, 0.3) is 0 Å². The van der Waals surface area contributed by atoms with Crippen LogP contribution in [-0.2, 0) is 0 Å². The van der Waals surface area contributed by atoms with Gasteiger partial charge in [-0.3, -0.25) is 0 Å². The third-order valence-electron chi connectivity index (χ3n) is 4.32. The fourth-order valence-corrected chi connectivity index (χ4v) is 2.86. The Hall–Kier alpha value is -1.39. The lowest BCUT2D eigenvalue weighted by Gasteiger charge is -2.28. The summed E-state index contributed by atoms with van der Waals surface area (Å²) >= 11 is 0. The van der Waals surface area contributed by atoms with E-state index >= 15 is 0 Å². The van der Waals surface area contributed by atoms with E-state index in [-0.39, 0.29) is 5.82 Å². The van der Waals surface area contributed by atoms with Gasteiger partial charge in [-0.25, -0.2) is 9.37 Å². The van der Waals surface area contributed by atoms with E-state index < -0.39 is 0 Å². The highest BCUT2D eigenvalue weighted by atomic mass is 19.1. The fourth-order valence-electron chi connectivity index (χ4n) is 2.86. The number of nitrogens with zero attached hydrogens (tertiary/aromatic N) is 2. The first-order valence-corrected chi connectivity index (χ1v) is 7.69. The summed E-state index contributed by atoms with van der Waals surface area (Å²) in [7, 11) is 0. The number of nitrogens with one attached hydrogen (secondary N) is 2. The van der Waals surface area contributed by atoms with Gasteiger partial charge in [0.25, 0.3) is 0 Å². The Bertz CT molecular complexity index is 430. The Labute approximate surface area is 120 Å². The highest BCUT2D eigenvalue weighted by Gasteiger charge is 2.32. The molecule has 0 atom stereocenters. The molecule has 2 rings (SSSR count).